The van der Waals surface area contributed by atoms with Crippen molar-refractivity contribution in [2.45, 2.75) is 6.92 Å². The normalized spacial score (nSPS) is 7.62. The van der Waals surface area contributed by atoms with Gasteiger partial charge in [0, 0.05) is 0 Å². The van der Waals surface area contributed by atoms with Crippen molar-refractivity contribution >= 4 is 0 Å². The quantitative estimate of drug-likeness (QED) is 0.445. The maximum Gasteiger partial charge on any atom is 1.00 e. The third-order valence-electron chi connectivity index (χ3n) is 0.748. The molecule has 43 valence electrons. The molecule has 0 unspecified atom stereocenters. The molecule has 1 aromatic heterocycles. The van der Waals surface area contributed by atoms with Crippen molar-refractivity contribution in [1.29, 1.82) is 0 Å². The van der Waals surface area contributed by atoms with Crippen molar-refractivity contribution in [3.63, 3.8) is 0 Å². The summed E-state index contributed by atoms with van der Waals surface area (Å²) in [5.74, 6) is 0. The van der Waals surface area contributed by atoms with Crippen LogP contribution in [0.4, 0.5) is 0 Å². The zero-order valence-corrected chi connectivity index (χ0v) is 6.27. The van der Waals surface area contributed by atoms with Gasteiger partial charge in [-0.15, -0.1) is 5.56 Å². The van der Waals surface area contributed by atoms with Gasteiger partial charge >= 0.3 is 19.5 Å². The van der Waals surface area contributed by atoms with E-state index in [1.165, 1.54) is 0 Å². The molecule has 1 rings (SSSR count). The van der Waals surface area contributed by atoms with Crippen LogP contribution < -0.4 is 0 Å². The molecule has 0 aliphatic carbocycles. The minimum absolute atomic E-state index is 0. The summed E-state index contributed by atoms with van der Waals surface area (Å²) >= 11 is 0. The Morgan fingerprint density at radius 2 is 2.38 bits per heavy atom. The van der Waals surface area contributed by atoms with Crippen molar-refractivity contribution in [2.24, 2.45) is 0 Å². The minimum atomic E-state index is 0. The van der Waals surface area contributed by atoms with E-state index in [2.05, 4.69) is 11.2 Å². The summed E-state index contributed by atoms with van der Waals surface area (Å²) in [4.78, 5) is 3.76. The van der Waals surface area contributed by atoms with Gasteiger partial charge in [-0.1, -0.05) is 19.3 Å². The van der Waals surface area contributed by atoms with Crippen LogP contribution in [-0.4, -0.2) is 4.98 Å². The maximum absolute atomic E-state index is 3.76. The van der Waals surface area contributed by atoms with Crippen molar-refractivity contribution in [3.05, 3.63) is 30.1 Å². The Bertz CT molecular complexity index is 138. The van der Waals surface area contributed by atoms with Gasteiger partial charge in [0.15, 0.2) is 0 Å². The van der Waals surface area contributed by atoms with E-state index >= 15 is 0 Å². The Labute approximate surface area is 61.9 Å². The van der Waals surface area contributed by atoms with E-state index in [1.54, 1.807) is 6.20 Å². The molecule has 0 aliphatic rings. The van der Waals surface area contributed by atoms with Crippen molar-refractivity contribution < 1.29 is 19.5 Å². The smallest absolute Gasteiger partial charge is 0.394 e. The van der Waals surface area contributed by atoms with E-state index in [0.29, 0.717) is 0 Å². The van der Waals surface area contributed by atoms with Gasteiger partial charge < -0.3 is 4.98 Å². The van der Waals surface area contributed by atoms with Crippen LogP contribution in [0.2, 0.25) is 0 Å². The number of hydrogen-bond donors (Lipinski definition) is 0. The van der Waals surface area contributed by atoms with Gasteiger partial charge in [-0.3, -0.25) is 0 Å². The summed E-state index contributed by atoms with van der Waals surface area (Å²) in [5.41, 5.74) is 1.09. The number of aryl methyl sites for hydroxylation is 1. The van der Waals surface area contributed by atoms with Crippen LogP contribution in [0.25, 0.3) is 0 Å². The summed E-state index contributed by atoms with van der Waals surface area (Å²) in [7, 11) is 0. The van der Waals surface area contributed by atoms with Gasteiger partial charge in [0.1, 0.15) is 0 Å². The third kappa shape index (κ3) is 2.18. The number of pyridine rings is 1. The molecule has 0 fully saturated rings. The average molecular weight is 193 g/mol. The van der Waals surface area contributed by atoms with Crippen molar-refractivity contribution in [1.82, 2.24) is 4.98 Å². The van der Waals surface area contributed by atoms with Crippen molar-refractivity contribution in [2.75, 3.05) is 0 Å². The van der Waals surface area contributed by atoms with Crippen molar-refractivity contribution in [3.8, 4) is 0 Å². The second kappa shape index (κ2) is 3.74. The Balaban J connectivity index is 0.000000490. The first-order chi connectivity index (χ1) is 3.39. The maximum atomic E-state index is 3.76. The molecule has 0 N–H and O–H groups in total. The molecule has 0 saturated heterocycles. The second-order valence-electron chi connectivity index (χ2n) is 1.43. The van der Waals surface area contributed by atoms with Gasteiger partial charge in [0.05, 0.1) is 0 Å². The molecule has 0 aromatic carbocycles. The van der Waals surface area contributed by atoms with Crippen LogP contribution in [0.5, 0.6) is 0 Å². The van der Waals surface area contributed by atoms with E-state index < -0.39 is 0 Å². The topological polar surface area (TPSA) is 12.9 Å². The van der Waals surface area contributed by atoms with Crippen LogP contribution in [0.3, 0.4) is 0 Å². The number of aromatic nitrogens is 1. The summed E-state index contributed by atoms with van der Waals surface area (Å²) < 4.78 is 0. The first-order valence-corrected chi connectivity index (χ1v) is 2.19. The summed E-state index contributed by atoms with van der Waals surface area (Å²) in [6.07, 6.45) is 4.50. The Morgan fingerprint density at radius 3 is 2.62 bits per heavy atom. The summed E-state index contributed by atoms with van der Waals surface area (Å²) in [6, 6.07) is 3.86. The fraction of sp³-hybridized carbons (Fsp3) is 0.167. The molecule has 0 spiro atoms. The molecular weight excluding hydrogens is 187 g/mol. The largest absolute Gasteiger partial charge is 1.00 e. The van der Waals surface area contributed by atoms with Gasteiger partial charge in [0.25, 0.3) is 0 Å². The fourth-order valence-electron chi connectivity index (χ4n) is 0.407. The number of hydrogen-bond acceptors (Lipinski definition) is 1. The molecular formula is C6H6NRu. The predicted molar refractivity (Wildman–Crippen MR) is 27.8 cm³/mol. The molecule has 1 radical (unpaired) electrons. The molecule has 0 bridgehead atoms. The minimum Gasteiger partial charge on any atom is -0.394 e. The Hall–Kier alpha value is -0.227. The first kappa shape index (κ1) is 7.77. The molecule has 0 aliphatic heterocycles. The molecule has 0 saturated carbocycles. The average Bonchev–Trinajstić information content (AvgIpc) is 1.69. The molecule has 8 heavy (non-hydrogen) atoms. The molecule has 2 heteroatoms. The van der Waals surface area contributed by atoms with E-state index in [-0.39, 0.29) is 19.5 Å². The zero-order valence-electron chi connectivity index (χ0n) is 4.53. The number of nitrogens with zero attached hydrogens (tertiary/aromatic N) is 1. The summed E-state index contributed by atoms with van der Waals surface area (Å²) in [6.45, 7) is 1.97. The molecule has 0 amide bonds. The SMILES string of the molecule is Cc1[c-]nccc1.[Ru+]. The number of rotatable bonds is 0. The second-order valence-corrected chi connectivity index (χ2v) is 1.43. The van der Waals surface area contributed by atoms with E-state index in [0.717, 1.165) is 5.56 Å². The third-order valence-corrected chi connectivity index (χ3v) is 0.748. The standard InChI is InChI=1S/C6H6N.Ru/c1-6-3-2-4-7-5-6;/h2-4H,1H3;/q-1;+1. The van der Waals surface area contributed by atoms with Gasteiger partial charge in [-0.2, -0.15) is 12.1 Å². The van der Waals surface area contributed by atoms with E-state index in [1.807, 2.05) is 19.1 Å². The van der Waals surface area contributed by atoms with E-state index in [9.17, 15) is 0 Å². The molecule has 1 heterocycles. The van der Waals surface area contributed by atoms with Crippen LogP contribution in [0.15, 0.2) is 18.3 Å². The Morgan fingerprint density at radius 1 is 1.62 bits per heavy atom. The summed E-state index contributed by atoms with van der Waals surface area (Å²) in [5, 5.41) is 0. The van der Waals surface area contributed by atoms with Gasteiger partial charge in [-0.05, 0) is 0 Å². The zero-order chi connectivity index (χ0) is 5.11. The monoisotopic (exact) mass is 194 g/mol. The first-order valence-electron chi connectivity index (χ1n) is 2.19. The predicted octanol–water partition coefficient (Wildman–Crippen LogP) is 1.19. The molecule has 1 nitrogen and oxygen atoms in total. The van der Waals surface area contributed by atoms with Gasteiger partial charge in [-0.25, -0.2) is 0 Å². The van der Waals surface area contributed by atoms with Crippen LogP contribution in [-0.2, 0) is 19.5 Å². The van der Waals surface area contributed by atoms with Gasteiger partial charge in [0.2, 0.25) is 0 Å². The Kier molecular flexibility index (Phi) is 3.63. The van der Waals surface area contributed by atoms with Crippen LogP contribution >= 0.6 is 0 Å². The molecule has 1 aromatic rings. The van der Waals surface area contributed by atoms with Crippen LogP contribution in [0.1, 0.15) is 5.56 Å². The van der Waals surface area contributed by atoms with Crippen LogP contribution in [0, 0.1) is 13.1 Å². The molecule has 0 atom stereocenters. The fourth-order valence-corrected chi connectivity index (χ4v) is 0.407. The van der Waals surface area contributed by atoms with E-state index in [4.69, 9.17) is 0 Å².